The molecule has 3 heterocycles. The molecule has 0 radical (unpaired) electrons. The first-order valence-electron chi connectivity index (χ1n) is 14.9. The number of carboxylic acid groups (broad SMARTS) is 1. The van der Waals surface area contributed by atoms with E-state index in [4.69, 9.17) is 21.0 Å². The van der Waals surface area contributed by atoms with Crippen LogP contribution in [0.3, 0.4) is 0 Å². The molecule has 6 rings (SSSR count). The van der Waals surface area contributed by atoms with Gasteiger partial charge in [-0.2, -0.15) is 0 Å². The third-order valence-corrected chi connectivity index (χ3v) is 8.16. The number of ether oxygens (including phenoxy) is 2. The minimum atomic E-state index is -1.17. The Hall–Kier alpha value is -5.29. The summed E-state index contributed by atoms with van der Waals surface area (Å²) >= 11 is 0. The molecule has 1 N–H and O–H groups in total. The number of rotatable bonds is 10. The number of aryl methyl sites for hydroxylation is 1. The van der Waals surface area contributed by atoms with Crippen molar-refractivity contribution in [2.24, 2.45) is 7.05 Å². The predicted molar refractivity (Wildman–Crippen MR) is 172 cm³/mol. The van der Waals surface area contributed by atoms with Crippen LogP contribution in [0, 0.1) is 6.57 Å². The molecule has 0 spiro atoms. The maximum absolute atomic E-state index is 12.8. The Morgan fingerprint density at radius 1 is 0.955 bits per heavy atom. The van der Waals surface area contributed by atoms with E-state index in [2.05, 4.69) is 14.3 Å². The largest absolute Gasteiger partial charge is 0.487 e. The number of nitrogens with zero attached hydrogens (tertiary/aromatic N) is 4. The van der Waals surface area contributed by atoms with Crippen molar-refractivity contribution >= 4 is 28.4 Å². The van der Waals surface area contributed by atoms with Crippen LogP contribution in [0.1, 0.15) is 46.8 Å². The average Bonchev–Trinajstić information content (AvgIpc) is 3.68. The second-order valence-corrected chi connectivity index (χ2v) is 10.9. The summed E-state index contributed by atoms with van der Waals surface area (Å²) in [5, 5.41) is 11.3. The standard InChI is InChI=1S/C36H34N4O4/c1-4-27-31(26-17-18-29-28(21-26)32(37-2)35(39(29)3)40-19-11-12-20-40)38-34(44-23-25-15-9-6-10-16-25)30(36(41)42)33(27)43-22-24-13-7-5-8-14-24/h5-10,13-18,21H,4,11-12,19-20,22-23H2,1,3H3,(H,41,42). The Balaban J connectivity index is 1.52. The van der Waals surface area contributed by atoms with Crippen molar-refractivity contribution in [2.75, 3.05) is 18.0 Å². The fraction of sp³-hybridized carbons (Fsp3) is 0.250. The van der Waals surface area contributed by atoms with Crippen LogP contribution in [0.2, 0.25) is 0 Å². The summed E-state index contributed by atoms with van der Waals surface area (Å²) < 4.78 is 14.6. The number of aromatic nitrogens is 2. The van der Waals surface area contributed by atoms with Crippen molar-refractivity contribution in [2.45, 2.75) is 39.4 Å². The molecule has 5 aromatic rings. The van der Waals surface area contributed by atoms with Gasteiger partial charge in [0.15, 0.2) is 5.56 Å². The van der Waals surface area contributed by atoms with Crippen LogP contribution >= 0.6 is 0 Å². The lowest BCUT2D eigenvalue weighted by atomic mass is 9.99. The van der Waals surface area contributed by atoms with E-state index >= 15 is 0 Å². The van der Waals surface area contributed by atoms with E-state index in [1.807, 2.05) is 92.8 Å². The molecule has 8 heteroatoms. The van der Waals surface area contributed by atoms with Gasteiger partial charge in [0.05, 0.1) is 12.3 Å². The molecule has 222 valence electrons. The Bertz CT molecular complexity index is 1850. The zero-order valence-corrected chi connectivity index (χ0v) is 24.9. The molecular weight excluding hydrogens is 552 g/mol. The van der Waals surface area contributed by atoms with Crippen molar-refractivity contribution in [1.29, 1.82) is 0 Å². The Labute approximate surface area is 256 Å². The van der Waals surface area contributed by atoms with Crippen molar-refractivity contribution in [3.63, 3.8) is 0 Å². The van der Waals surface area contributed by atoms with Gasteiger partial charge >= 0.3 is 5.97 Å². The van der Waals surface area contributed by atoms with E-state index in [1.54, 1.807) is 0 Å². The highest BCUT2D eigenvalue weighted by Crippen LogP contribution is 2.44. The second-order valence-electron chi connectivity index (χ2n) is 10.9. The average molecular weight is 587 g/mol. The first-order chi connectivity index (χ1) is 21.5. The number of hydrogen-bond acceptors (Lipinski definition) is 5. The molecule has 0 atom stereocenters. The fourth-order valence-electron chi connectivity index (χ4n) is 6.02. The van der Waals surface area contributed by atoms with Gasteiger partial charge in [0, 0.05) is 42.2 Å². The smallest absolute Gasteiger partial charge is 0.345 e. The minimum absolute atomic E-state index is 0.00654. The Kier molecular flexibility index (Phi) is 8.20. The third-order valence-electron chi connectivity index (χ3n) is 8.16. The van der Waals surface area contributed by atoms with Crippen LogP contribution in [-0.2, 0) is 26.7 Å². The zero-order chi connectivity index (χ0) is 30.6. The number of carbonyl (C=O) groups is 1. The van der Waals surface area contributed by atoms with Crippen LogP contribution < -0.4 is 14.4 Å². The number of benzene rings is 3. The minimum Gasteiger partial charge on any atom is -0.487 e. The molecule has 8 nitrogen and oxygen atoms in total. The fourth-order valence-corrected chi connectivity index (χ4v) is 6.02. The van der Waals surface area contributed by atoms with Gasteiger partial charge in [-0.05, 0) is 36.5 Å². The van der Waals surface area contributed by atoms with Crippen LogP contribution in [-0.4, -0.2) is 33.7 Å². The summed E-state index contributed by atoms with van der Waals surface area (Å²) in [5.41, 5.74) is 5.30. The molecule has 3 aromatic carbocycles. The number of fused-ring (bicyclic) bond motifs is 1. The van der Waals surface area contributed by atoms with E-state index in [0.717, 1.165) is 59.3 Å². The number of hydrogen-bond donors (Lipinski definition) is 1. The first-order valence-corrected chi connectivity index (χ1v) is 14.9. The van der Waals surface area contributed by atoms with Gasteiger partial charge < -0.3 is 24.0 Å². The lowest BCUT2D eigenvalue weighted by Gasteiger charge is -2.20. The van der Waals surface area contributed by atoms with Gasteiger partial charge in [-0.1, -0.05) is 79.7 Å². The SMILES string of the molecule is [C-]#[N+]c1c(N2CCCC2)n(C)c2ccc(-c3nc(OCc4ccccc4)c(C(=O)O)c(OCc4ccccc4)c3CC)cc12. The third kappa shape index (κ3) is 5.45. The molecule has 0 amide bonds. The van der Waals surface area contributed by atoms with Gasteiger partial charge in [-0.15, -0.1) is 0 Å². The Morgan fingerprint density at radius 3 is 2.18 bits per heavy atom. The summed E-state index contributed by atoms with van der Waals surface area (Å²) in [6.07, 6.45) is 2.70. The van der Waals surface area contributed by atoms with Crippen molar-refractivity contribution < 1.29 is 19.4 Å². The van der Waals surface area contributed by atoms with E-state index in [-0.39, 0.29) is 30.4 Å². The molecule has 44 heavy (non-hydrogen) atoms. The van der Waals surface area contributed by atoms with Crippen LogP contribution in [0.4, 0.5) is 11.5 Å². The summed E-state index contributed by atoms with van der Waals surface area (Å²) in [4.78, 5) is 23.9. The highest BCUT2D eigenvalue weighted by Gasteiger charge is 2.28. The van der Waals surface area contributed by atoms with Gasteiger partial charge in [-0.25, -0.2) is 14.6 Å². The molecule has 0 saturated carbocycles. The Morgan fingerprint density at radius 2 is 1.59 bits per heavy atom. The number of anilines is 1. The lowest BCUT2D eigenvalue weighted by Crippen LogP contribution is -2.20. The van der Waals surface area contributed by atoms with Gasteiger partial charge in [0.1, 0.15) is 24.8 Å². The topological polar surface area (TPSA) is 81.2 Å². The quantitative estimate of drug-likeness (QED) is 0.168. The number of aromatic carboxylic acids is 1. The van der Waals surface area contributed by atoms with Crippen LogP contribution in [0.25, 0.3) is 27.0 Å². The maximum Gasteiger partial charge on any atom is 0.345 e. The molecular formula is C36H34N4O4. The normalized spacial score (nSPS) is 12.8. The summed E-state index contributed by atoms with van der Waals surface area (Å²) in [6, 6.07) is 25.2. The van der Waals surface area contributed by atoms with Gasteiger partial charge in [-0.3, -0.25) is 0 Å². The van der Waals surface area contributed by atoms with Crippen LogP contribution in [0.5, 0.6) is 11.6 Å². The van der Waals surface area contributed by atoms with Gasteiger partial charge in [0.25, 0.3) is 0 Å². The second kappa shape index (κ2) is 12.5. The molecule has 0 aliphatic carbocycles. The number of pyridine rings is 1. The predicted octanol–water partition coefficient (Wildman–Crippen LogP) is 7.81. The molecule has 2 aromatic heterocycles. The molecule has 1 fully saturated rings. The summed E-state index contributed by atoms with van der Waals surface area (Å²) in [7, 11) is 2.01. The highest BCUT2D eigenvalue weighted by atomic mass is 16.5. The van der Waals surface area contributed by atoms with Crippen molar-refractivity contribution in [3.8, 4) is 22.9 Å². The molecule has 1 aliphatic rings. The first kappa shape index (κ1) is 28.8. The van der Waals surface area contributed by atoms with E-state index < -0.39 is 5.97 Å². The van der Waals surface area contributed by atoms with Crippen molar-refractivity contribution in [1.82, 2.24) is 9.55 Å². The van der Waals surface area contributed by atoms with E-state index in [0.29, 0.717) is 23.4 Å². The van der Waals surface area contributed by atoms with E-state index in [9.17, 15) is 9.90 Å². The highest BCUT2D eigenvalue weighted by molar-refractivity contribution is 6.03. The van der Waals surface area contributed by atoms with E-state index in [1.165, 1.54) is 0 Å². The molecule has 1 saturated heterocycles. The molecule has 0 bridgehead atoms. The monoisotopic (exact) mass is 586 g/mol. The molecule has 0 unspecified atom stereocenters. The maximum atomic E-state index is 12.8. The number of carboxylic acids is 1. The van der Waals surface area contributed by atoms with Gasteiger partial charge in [0.2, 0.25) is 11.6 Å². The molecule has 1 aliphatic heterocycles. The lowest BCUT2D eigenvalue weighted by molar-refractivity contribution is 0.0684. The van der Waals surface area contributed by atoms with Crippen molar-refractivity contribution in [3.05, 3.63) is 113 Å². The summed E-state index contributed by atoms with van der Waals surface area (Å²) in [5.74, 6) is 0.00316. The zero-order valence-electron chi connectivity index (χ0n) is 24.9. The van der Waals surface area contributed by atoms with Crippen LogP contribution in [0.15, 0.2) is 78.9 Å². The summed E-state index contributed by atoms with van der Waals surface area (Å²) in [6.45, 7) is 12.2.